The molecule has 2 atom stereocenters. The number of hydrogen-bond acceptors (Lipinski definition) is 3. The number of carbonyl (C=O) groups excluding carboxylic acids is 1. The number of nitrogens with zero attached hydrogens (tertiary/aromatic N) is 1. The van der Waals surface area contributed by atoms with E-state index in [1.807, 2.05) is 30.3 Å². The summed E-state index contributed by atoms with van der Waals surface area (Å²) in [6.45, 7) is 2.79. The minimum Gasteiger partial charge on any atom is -0.364 e. The van der Waals surface area contributed by atoms with E-state index in [4.69, 9.17) is 5.73 Å². The van der Waals surface area contributed by atoms with Crippen LogP contribution in [-0.4, -0.2) is 34.9 Å². The molecule has 0 unspecified atom stereocenters. The van der Waals surface area contributed by atoms with E-state index in [1.54, 1.807) is 11.8 Å². The number of rotatable bonds is 2. The highest BCUT2D eigenvalue weighted by molar-refractivity contribution is 5.94. The van der Waals surface area contributed by atoms with Crippen LogP contribution in [0.3, 0.4) is 0 Å². The maximum atomic E-state index is 12.6. The lowest BCUT2D eigenvalue weighted by Gasteiger charge is -2.16. The number of nitrogens with two attached hydrogens (primary N) is 1. The summed E-state index contributed by atoms with van der Waals surface area (Å²) >= 11 is 0. The van der Waals surface area contributed by atoms with Crippen LogP contribution >= 0.6 is 12.4 Å². The molecule has 0 spiro atoms. The molecular weight excluding hydrogens is 314 g/mol. The lowest BCUT2D eigenvalue weighted by molar-refractivity contribution is 0.0787. The van der Waals surface area contributed by atoms with Gasteiger partial charge in [0, 0.05) is 43.0 Å². The summed E-state index contributed by atoms with van der Waals surface area (Å²) in [5.41, 5.74) is 7.99. The summed E-state index contributed by atoms with van der Waals surface area (Å²) in [5, 5.41) is 0. The van der Waals surface area contributed by atoms with E-state index < -0.39 is 0 Å². The first-order valence-electron chi connectivity index (χ1n) is 7.35. The second-order valence-electron chi connectivity index (χ2n) is 5.79. The van der Waals surface area contributed by atoms with E-state index >= 15 is 0 Å². The number of pyridine rings is 1. The van der Waals surface area contributed by atoms with Gasteiger partial charge in [0.05, 0.1) is 0 Å². The second-order valence-corrected chi connectivity index (χ2v) is 5.79. The van der Waals surface area contributed by atoms with Crippen molar-refractivity contribution >= 4 is 18.3 Å². The molecule has 2 heterocycles. The van der Waals surface area contributed by atoms with Crippen molar-refractivity contribution in [1.29, 1.82) is 0 Å². The first kappa shape index (κ1) is 17.2. The average molecular weight is 334 g/mol. The fourth-order valence-corrected chi connectivity index (χ4v) is 2.96. The Kier molecular flexibility index (Phi) is 5.23. The quantitative estimate of drug-likeness (QED) is 0.877. The molecule has 1 saturated heterocycles. The van der Waals surface area contributed by atoms with E-state index in [1.165, 1.54) is 12.3 Å². The SMILES string of the molecule is Cc1cc(=O)c(C(=O)N2C[C@@H](N)[C@H](c3ccccc3)C2)c[nH]1.Cl. The molecule has 1 amide bonds. The lowest BCUT2D eigenvalue weighted by Crippen LogP contribution is -2.34. The van der Waals surface area contributed by atoms with Gasteiger partial charge < -0.3 is 15.6 Å². The summed E-state index contributed by atoms with van der Waals surface area (Å²) in [4.78, 5) is 29.1. The van der Waals surface area contributed by atoms with Gasteiger partial charge in [-0.2, -0.15) is 0 Å². The molecule has 0 radical (unpaired) electrons. The third-order valence-corrected chi connectivity index (χ3v) is 4.17. The van der Waals surface area contributed by atoms with Crippen molar-refractivity contribution in [2.75, 3.05) is 13.1 Å². The monoisotopic (exact) mass is 333 g/mol. The highest BCUT2D eigenvalue weighted by Gasteiger charge is 2.34. The van der Waals surface area contributed by atoms with Gasteiger partial charge >= 0.3 is 0 Å². The van der Waals surface area contributed by atoms with E-state index in [9.17, 15) is 9.59 Å². The zero-order chi connectivity index (χ0) is 15.7. The molecule has 6 heteroatoms. The number of nitrogens with one attached hydrogen (secondary N) is 1. The second kappa shape index (κ2) is 6.98. The average Bonchev–Trinajstić information content (AvgIpc) is 2.89. The Morgan fingerprint density at radius 2 is 1.96 bits per heavy atom. The lowest BCUT2D eigenvalue weighted by atomic mass is 9.95. The number of H-pyrrole nitrogens is 1. The van der Waals surface area contributed by atoms with Gasteiger partial charge in [0.25, 0.3) is 5.91 Å². The van der Waals surface area contributed by atoms with Crippen molar-refractivity contribution < 1.29 is 4.79 Å². The predicted octanol–water partition coefficient (Wildman–Crippen LogP) is 1.67. The van der Waals surface area contributed by atoms with Crippen LogP contribution in [0.15, 0.2) is 47.4 Å². The van der Waals surface area contributed by atoms with Gasteiger partial charge in [-0.1, -0.05) is 30.3 Å². The molecule has 1 fully saturated rings. The van der Waals surface area contributed by atoms with Gasteiger partial charge in [-0.05, 0) is 12.5 Å². The Morgan fingerprint density at radius 1 is 1.26 bits per heavy atom. The van der Waals surface area contributed by atoms with Gasteiger partial charge in [-0.25, -0.2) is 0 Å². The number of benzene rings is 1. The number of aryl methyl sites for hydroxylation is 1. The van der Waals surface area contributed by atoms with Crippen LogP contribution < -0.4 is 11.2 Å². The van der Waals surface area contributed by atoms with Crippen LogP contribution in [0, 0.1) is 6.92 Å². The smallest absolute Gasteiger partial charge is 0.259 e. The molecule has 3 rings (SSSR count). The molecule has 0 aliphatic carbocycles. The van der Waals surface area contributed by atoms with Crippen LogP contribution in [0.1, 0.15) is 27.5 Å². The molecule has 1 aromatic heterocycles. The molecule has 122 valence electrons. The van der Waals surface area contributed by atoms with Crippen LogP contribution in [0.5, 0.6) is 0 Å². The van der Waals surface area contributed by atoms with Crippen molar-refractivity contribution in [2.45, 2.75) is 18.9 Å². The Labute approximate surface area is 140 Å². The molecule has 3 N–H and O–H groups in total. The summed E-state index contributed by atoms with van der Waals surface area (Å²) in [7, 11) is 0. The molecule has 5 nitrogen and oxygen atoms in total. The molecule has 2 aromatic rings. The summed E-state index contributed by atoms with van der Waals surface area (Å²) in [6, 6.07) is 11.3. The van der Waals surface area contributed by atoms with Crippen LogP contribution in [0.25, 0.3) is 0 Å². The summed E-state index contributed by atoms with van der Waals surface area (Å²) in [5.74, 6) is -0.148. The van der Waals surface area contributed by atoms with Crippen molar-refractivity contribution in [3.63, 3.8) is 0 Å². The summed E-state index contributed by atoms with van der Waals surface area (Å²) in [6.07, 6.45) is 1.49. The van der Waals surface area contributed by atoms with Gasteiger partial charge in [0.1, 0.15) is 5.56 Å². The number of aromatic amines is 1. The van der Waals surface area contributed by atoms with E-state index in [2.05, 4.69) is 4.98 Å². The zero-order valence-corrected chi connectivity index (χ0v) is 13.7. The topological polar surface area (TPSA) is 79.2 Å². The van der Waals surface area contributed by atoms with Crippen LogP contribution in [0.2, 0.25) is 0 Å². The maximum Gasteiger partial charge on any atom is 0.259 e. The standard InChI is InChI=1S/C17H19N3O2.ClH/c1-11-7-16(21)13(8-19-11)17(22)20-9-14(15(18)10-20)12-5-3-2-4-6-12;/h2-8,14-15H,9-10,18H2,1H3,(H,19,21);1H/t14-,15+;/m0./s1. The minimum atomic E-state index is -0.255. The van der Waals surface area contributed by atoms with Gasteiger partial charge in [0.2, 0.25) is 0 Å². The third kappa shape index (κ3) is 3.46. The Morgan fingerprint density at radius 3 is 2.61 bits per heavy atom. The van der Waals surface area contributed by atoms with Gasteiger partial charge in [-0.15, -0.1) is 12.4 Å². The molecule has 23 heavy (non-hydrogen) atoms. The first-order chi connectivity index (χ1) is 10.6. The van der Waals surface area contributed by atoms with Gasteiger partial charge in [-0.3, -0.25) is 9.59 Å². The largest absolute Gasteiger partial charge is 0.364 e. The van der Waals surface area contributed by atoms with Crippen molar-refractivity contribution in [2.24, 2.45) is 5.73 Å². The van der Waals surface area contributed by atoms with E-state index in [0.717, 1.165) is 11.3 Å². The number of likely N-dealkylation sites (tertiary alicyclic amines) is 1. The highest BCUT2D eigenvalue weighted by Crippen LogP contribution is 2.26. The normalized spacial score (nSPS) is 20.2. The van der Waals surface area contributed by atoms with E-state index in [0.29, 0.717) is 13.1 Å². The molecule has 1 aromatic carbocycles. The molecule has 0 bridgehead atoms. The van der Waals surface area contributed by atoms with E-state index in [-0.39, 0.29) is 41.3 Å². The Bertz CT molecular complexity index is 745. The molecule has 1 aliphatic heterocycles. The van der Waals surface area contributed by atoms with Crippen LogP contribution in [-0.2, 0) is 0 Å². The summed E-state index contributed by atoms with van der Waals surface area (Å²) < 4.78 is 0. The number of carbonyl (C=O) groups is 1. The minimum absolute atomic E-state index is 0. The fourth-order valence-electron chi connectivity index (χ4n) is 2.96. The maximum absolute atomic E-state index is 12.6. The third-order valence-electron chi connectivity index (χ3n) is 4.17. The molecule has 1 aliphatic rings. The molecule has 0 saturated carbocycles. The van der Waals surface area contributed by atoms with Crippen LogP contribution in [0.4, 0.5) is 0 Å². The Hall–Kier alpha value is -2.11. The molecular formula is C17H20ClN3O2. The highest BCUT2D eigenvalue weighted by atomic mass is 35.5. The van der Waals surface area contributed by atoms with Crippen molar-refractivity contribution in [1.82, 2.24) is 9.88 Å². The van der Waals surface area contributed by atoms with Crippen molar-refractivity contribution in [3.8, 4) is 0 Å². The Balaban J connectivity index is 0.00000192. The predicted molar refractivity (Wildman–Crippen MR) is 92.1 cm³/mol. The number of aromatic nitrogens is 1. The fraction of sp³-hybridized carbons (Fsp3) is 0.294. The zero-order valence-electron chi connectivity index (χ0n) is 12.9. The first-order valence-corrected chi connectivity index (χ1v) is 7.35. The van der Waals surface area contributed by atoms with Gasteiger partial charge in [0.15, 0.2) is 5.43 Å². The number of halogens is 1. The van der Waals surface area contributed by atoms with Crippen molar-refractivity contribution in [3.05, 3.63) is 69.6 Å². The number of hydrogen-bond donors (Lipinski definition) is 2. The number of amides is 1.